The quantitative estimate of drug-likeness (QED) is 0.626. The van der Waals surface area contributed by atoms with Crippen molar-refractivity contribution in [2.24, 2.45) is 4.99 Å². The third-order valence-electron chi connectivity index (χ3n) is 4.50. The van der Waals surface area contributed by atoms with Gasteiger partial charge in [0.2, 0.25) is 5.91 Å². The van der Waals surface area contributed by atoms with Crippen LogP contribution in [0.4, 0.5) is 0 Å². The van der Waals surface area contributed by atoms with Gasteiger partial charge in [0.1, 0.15) is 17.6 Å². The Kier molecular flexibility index (Phi) is 5.16. The molecular formula is C20H17BrN2O4S. The Hall–Kier alpha value is -2.32. The van der Waals surface area contributed by atoms with Gasteiger partial charge in [0, 0.05) is 10.0 Å². The summed E-state index contributed by atoms with van der Waals surface area (Å²) in [7, 11) is 0. The van der Waals surface area contributed by atoms with Crippen LogP contribution in [0, 0.1) is 0 Å². The Labute approximate surface area is 174 Å². The van der Waals surface area contributed by atoms with Gasteiger partial charge in [0.15, 0.2) is 5.17 Å². The van der Waals surface area contributed by atoms with Crippen molar-refractivity contribution < 1.29 is 18.7 Å². The van der Waals surface area contributed by atoms with Crippen molar-refractivity contribution in [3.8, 4) is 11.3 Å². The van der Waals surface area contributed by atoms with Gasteiger partial charge >= 0.3 is 5.97 Å². The van der Waals surface area contributed by atoms with Crippen molar-refractivity contribution in [1.29, 1.82) is 0 Å². The highest BCUT2D eigenvalue weighted by Crippen LogP contribution is 2.42. The van der Waals surface area contributed by atoms with E-state index >= 15 is 0 Å². The SMILES string of the molecule is CCOC(=O)C1=C(C)N=C2SCC(=O)N2[C@H]1c1ccc(-c2ccc(Br)cc2)o1. The molecule has 8 heteroatoms. The Balaban J connectivity index is 1.78. The summed E-state index contributed by atoms with van der Waals surface area (Å²) in [5.74, 6) is 0.859. The molecule has 0 radical (unpaired) electrons. The number of benzene rings is 1. The molecule has 28 heavy (non-hydrogen) atoms. The van der Waals surface area contributed by atoms with E-state index < -0.39 is 12.0 Å². The van der Waals surface area contributed by atoms with Gasteiger partial charge < -0.3 is 9.15 Å². The Bertz CT molecular complexity index is 1010. The van der Waals surface area contributed by atoms with Crippen molar-refractivity contribution in [2.75, 3.05) is 12.4 Å². The molecule has 0 aliphatic carbocycles. The van der Waals surface area contributed by atoms with Crippen molar-refractivity contribution in [3.63, 3.8) is 0 Å². The van der Waals surface area contributed by atoms with E-state index in [4.69, 9.17) is 9.15 Å². The number of carbonyl (C=O) groups is 2. The van der Waals surface area contributed by atoms with E-state index in [1.807, 2.05) is 30.3 Å². The Morgan fingerprint density at radius 3 is 2.79 bits per heavy atom. The van der Waals surface area contributed by atoms with Crippen LogP contribution in [0.5, 0.6) is 0 Å². The summed E-state index contributed by atoms with van der Waals surface area (Å²) in [6.45, 7) is 3.74. The third-order valence-corrected chi connectivity index (χ3v) is 5.97. The number of hydrogen-bond donors (Lipinski definition) is 0. The lowest BCUT2D eigenvalue weighted by Gasteiger charge is -2.31. The number of amides is 1. The minimum Gasteiger partial charge on any atom is -0.463 e. The fourth-order valence-electron chi connectivity index (χ4n) is 3.25. The van der Waals surface area contributed by atoms with Gasteiger partial charge in [0.05, 0.1) is 23.6 Å². The molecule has 2 aliphatic heterocycles. The maximum absolute atomic E-state index is 12.7. The number of halogens is 1. The molecule has 1 saturated heterocycles. The van der Waals surface area contributed by atoms with Crippen LogP contribution in [0.3, 0.4) is 0 Å². The molecular weight excluding hydrogens is 444 g/mol. The molecule has 0 N–H and O–H groups in total. The number of carbonyl (C=O) groups excluding carboxylic acids is 2. The van der Waals surface area contributed by atoms with Crippen molar-refractivity contribution >= 4 is 44.7 Å². The van der Waals surface area contributed by atoms with E-state index in [2.05, 4.69) is 20.9 Å². The smallest absolute Gasteiger partial charge is 0.338 e. The number of rotatable bonds is 4. The molecule has 1 amide bonds. The van der Waals surface area contributed by atoms with Crippen molar-refractivity contribution in [3.05, 3.63) is 57.9 Å². The number of aliphatic imine (C=N–C) groups is 1. The summed E-state index contributed by atoms with van der Waals surface area (Å²) in [6, 6.07) is 10.7. The molecule has 2 aliphatic rings. The summed E-state index contributed by atoms with van der Waals surface area (Å²) in [5, 5.41) is 0.585. The number of hydrogen-bond acceptors (Lipinski definition) is 6. The van der Waals surface area contributed by atoms with Gasteiger partial charge in [-0.05, 0) is 38.1 Å². The summed E-state index contributed by atoms with van der Waals surface area (Å²) in [5.41, 5.74) is 1.77. The maximum Gasteiger partial charge on any atom is 0.338 e. The third kappa shape index (κ3) is 3.31. The van der Waals surface area contributed by atoms with E-state index in [1.54, 1.807) is 19.9 Å². The van der Waals surface area contributed by atoms with Crippen LogP contribution in [0.2, 0.25) is 0 Å². The highest BCUT2D eigenvalue weighted by molar-refractivity contribution is 9.10. The van der Waals surface area contributed by atoms with E-state index in [9.17, 15) is 9.59 Å². The molecule has 2 aromatic rings. The molecule has 1 atom stereocenters. The van der Waals surface area contributed by atoms with Crippen LogP contribution in [-0.2, 0) is 14.3 Å². The van der Waals surface area contributed by atoms with E-state index in [0.717, 1.165) is 10.0 Å². The first-order chi connectivity index (χ1) is 13.5. The lowest BCUT2D eigenvalue weighted by atomic mass is 10.00. The largest absolute Gasteiger partial charge is 0.463 e. The minimum absolute atomic E-state index is 0.107. The first-order valence-electron chi connectivity index (χ1n) is 8.76. The standard InChI is InChI=1S/C20H17BrN2O4S/c1-3-26-19(25)17-11(2)22-20-23(16(24)10-28-20)18(17)15-9-8-14(27-15)12-4-6-13(21)7-5-12/h4-9,18H,3,10H2,1-2H3/t18-/m0/s1. The van der Waals surface area contributed by atoms with Crippen LogP contribution >= 0.6 is 27.7 Å². The Morgan fingerprint density at radius 1 is 1.32 bits per heavy atom. The van der Waals surface area contributed by atoms with Crippen LogP contribution in [0.15, 0.2) is 61.6 Å². The van der Waals surface area contributed by atoms with Crippen molar-refractivity contribution in [1.82, 2.24) is 4.90 Å². The fraction of sp³-hybridized carbons (Fsp3) is 0.250. The average molecular weight is 461 g/mol. The van der Waals surface area contributed by atoms with Crippen LogP contribution in [0.25, 0.3) is 11.3 Å². The number of allylic oxidation sites excluding steroid dienone is 1. The molecule has 1 aromatic heterocycles. The van der Waals surface area contributed by atoms with E-state index in [-0.39, 0.29) is 12.5 Å². The molecule has 0 unspecified atom stereocenters. The van der Waals surface area contributed by atoms with E-state index in [0.29, 0.717) is 33.7 Å². The summed E-state index contributed by atoms with van der Waals surface area (Å²) < 4.78 is 12.3. The molecule has 6 nitrogen and oxygen atoms in total. The monoisotopic (exact) mass is 460 g/mol. The number of fused-ring (bicyclic) bond motifs is 1. The van der Waals surface area contributed by atoms with Crippen LogP contribution in [-0.4, -0.2) is 34.3 Å². The second-order valence-corrected chi connectivity index (χ2v) is 8.14. The molecule has 1 aromatic carbocycles. The minimum atomic E-state index is -0.682. The highest BCUT2D eigenvalue weighted by atomic mass is 79.9. The number of amidine groups is 1. The fourth-order valence-corrected chi connectivity index (χ4v) is 4.45. The summed E-state index contributed by atoms with van der Waals surface area (Å²) in [4.78, 5) is 31.2. The zero-order valence-electron chi connectivity index (χ0n) is 15.3. The molecule has 0 bridgehead atoms. The second kappa shape index (κ2) is 7.60. The number of nitrogens with zero attached hydrogens (tertiary/aromatic N) is 2. The molecule has 0 spiro atoms. The van der Waals surface area contributed by atoms with Gasteiger partial charge in [-0.3, -0.25) is 9.69 Å². The molecule has 3 heterocycles. The number of thioether (sulfide) groups is 1. The molecule has 0 saturated carbocycles. The number of ether oxygens (including phenoxy) is 1. The Morgan fingerprint density at radius 2 is 2.07 bits per heavy atom. The maximum atomic E-state index is 12.7. The molecule has 1 fully saturated rings. The van der Waals surface area contributed by atoms with Gasteiger partial charge in [-0.15, -0.1) is 0 Å². The van der Waals surface area contributed by atoms with Crippen LogP contribution in [0.1, 0.15) is 25.6 Å². The lowest BCUT2D eigenvalue weighted by Crippen LogP contribution is -2.39. The first kappa shape index (κ1) is 19.0. The zero-order valence-corrected chi connectivity index (χ0v) is 17.7. The highest BCUT2D eigenvalue weighted by Gasteiger charge is 2.44. The second-order valence-electron chi connectivity index (χ2n) is 6.28. The van der Waals surface area contributed by atoms with Gasteiger partial charge in [0.25, 0.3) is 0 Å². The lowest BCUT2D eigenvalue weighted by molar-refractivity contribution is -0.139. The summed E-state index contributed by atoms with van der Waals surface area (Å²) >= 11 is 4.78. The zero-order chi connectivity index (χ0) is 19.8. The summed E-state index contributed by atoms with van der Waals surface area (Å²) in [6.07, 6.45) is 0. The first-order valence-corrected chi connectivity index (χ1v) is 10.5. The number of esters is 1. The topological polar surface area (TPSA) is 72.1 Å². The molecule has 4 rings (SSSR count). The normalized spacial score (nSPS) is 19.0. The van der Waals surface area contributed by atoms with Gasteiger partial charge in [-0.1, -0.05) is 39.8 Å². The number of furan rings is 1. The van der Waals surface area contributed by atoms with Crippen LogP contribution < -0.4 is 0 Å². The van der Waals surface area contributed by atoms with E-state index in [1.165, 1.54) is 16.7 Å². The van der Waals surface area contributed by atoms with Gasteiger partial charge in [-0.25, -0.2) is 9.79 Å². The van der Waals surface area contributed by atoms with Crippen molar-refractivity contribution in [2.45, 2.75) is 19.9 Å². The predicted octanol–water partition coefficient (Wildman–Crippen LogP) is 4.53. The molecule has 144 valence electrons. The average Bonchev–Trinajstić information content (AvgIpc) is 3.29. The predicted molar refractivity (Wildman–Crippen MR) is 111 cm³/mol. The van der Waals surface area contributed by atoms with Gasteiger partial charge in [-0.2, -0.15) is 0 Å².